The number of thioether (sulfide) groups is 1. The number of hydrogen-bond acceptors (Lipinski definition) is 6. The molecule has 0 saturated carbocycles. The number of fused-ring (bicyclic) bond motifs is 1. The lowest BCUT2D eigenvalue weighted by molar-refractivity contribution is -0.384. The average Bonchev–Trinajstić information content (AvgIpc) is 2.53. The molecule has 0 unspecified atom stereocenters. The van der Waals surface area contributed by atoms with Gasteiger partial charge in [0, 0.05) is 22.9 Å². The van der Waals surface area contributed by atoms with Crippen molar-refractivity contribution in [1.82, 2.24) is 0 Å². The van der Waals surface area contributed by atoms with Crippen molar-refractivity contribution in [1.29, 1.82) is 0 Å². The van der Waals surface area contributed by atoms with E-state index in [1.165, 1.54) is 18.2 Å². The molecule has 0 saturated heterocycles. The van der Waals surface area contributed by atoms with Crippen LogP contribution < -0.4 is 5.32 Å². The first-order valence-electron chi connectivity index (χ1n) is 6.63. The summed E-state index contributed by atoms with van der Waals surface area (Å²) >= 11 is 6.97. The van der Waals surface area contributed by atoms with Crippen molar-refractivity contribution in [3.8, 4) is 0 Å². The molecule has 1 heterocycles. The molecular formula is C14H10ClN3O4S2. The van der Waals surface area contributed by atoms with E-state index in [1.807, 2.05) is 0 Å². The normalized spacial score (nSPS) is 15.1. The van der Waals surface area contributed by atoms with E-state index in [2.05, 4.69) is 9.71 Å². The summed E-state index contributed by atoms with van der Waals surface area (Å²) in [7, 11) is -3.83. The molecule has 0 aromatic heterocycles. The monoisotopic (exact) mass is 383 g/mol. The molecule has 0 aliphatic carbocycles. The molecule has 0 spiro atoms. The van der Waals surface area contributed by atoms with Gasteiger partial charge in [0.1, 0.15) is 4.90 Å². The Morgan fingerprint density at radius 2 is 2.04 bits per heavy atom. The third-order valence-electron chi connectivity index (χ3n) is 3.16. The fourth-order valence-electron chi connectivity index (χ4n) is 2.08. The van der Waals surface area contributed by atoms with Gasteiger partial charge in [-0.2, -0.15) is 8.42 Å². The molecule has 1 aliphatic rings. The predicted molar refractivity (Wildman–Crippen MR) is 94.1 cm³/mol. The summed E-state index contributed by atoms with van der Waals surface area (Å²) in [5.41, 5.74) is 1.08. The van der Waals surface area contributed by atoms with E-state index in [1.54, 1.807) is 24.3 Å². The van der Waals surface area contributed by atoms with E-state index >= 15 is 0 Å². The van der Waals surface area contributed by atoms with Crippen LogP contribution in [0.3, 0.4) is 0 Å². The van der Waals surface area contributed by atoms with E-state index in [4.69, 9.17) is 11.6 Å². The number of nitro benzene ring substituents is 1. The number of amidine groups is 1. The molecular weight excluding hydrogens is 374 g/mol. The second-order valence-corrected chi connectivity index (χ2v) is 7.83. The Balaban J connectivity index is 1.80. The molecule has 0 atom stereocenters. The summed E-state index contributed by atoms with van der Waals surface area (Å²) in [5, 5.41) is 14.2. The van der Waals surface area contributed by atoms with Crippen LogP contribution in [0.5, 0.6) is 0 Å². The van der Waals surface area contributed by atoms with Crippen molar-refractivity contribution < 1.29 is 13.3 Å². The third kappa shape index (κ3) is 3.53. The Morgan fingerprint density at radius 3 is 2.79 bits per heavy atom. The number of nitrogens with one attached hydrogen (secondary N) is 1. The first-order chi connectivity index (χ1) is 11.3. The summed E-state index contributed by atoms with van der Waals surface area (Å²) < 4.78 is 28.1. The number of rotatable bonds is 3. The maximum absolute atomic E-state index is 12.2. The fraction of sp³-hybridized carbons (Fsp3) is 0.0714. The van der Waals surface area contributed by atoms with Gasteiger partial charge in [0.25, 0.3) is 15.7 Å². The van der Waals surface area contributed by atoms with Crippen LogP contribution in [0.1, 0.15) is 5.56 Å². The standard InChI is InChI=1S/C14H10ClN3O4S2/c15-10-4-5-12-13(7-10)24(21,22)17-14(16-12)23-8-9-2-1-3-11(6-9)18(19)20/h1-7H,8H2,(H,16,17). The molecule has 3 rings (SSSR count). The minimum absolute atomic E-state index is 0.0146. The van der Waals surface area contributed by atoms with Crippen LogP contribution in [-0.2, 0) is 15.8 Å². The zero-order valence-electron chi connectivity index (χ0n) is 12.0. The Kier molecular flexibility index (Phi) is 4.48. The van der Waals surface area contributed by atoms with Crippen molar-refractivity contribution in [3.63, 3.8) is 0 Å². The van der Waals surface area contributed by atoms with Crippen LogP contribution in [-0.4, -0.2) is 18.5 Å². The molecule has 0 fully saturated rings. The summed E-state index contributed by atoms with van der Waals surface area (Å²) in [6.07, 6.45) is 0. The molecule has 0 amide bonds. The van der Waals surface area contributed by atoms with Crippen molar-refractivity contribution in [2.45, 2.75) is 10.6 Å². The molecule has 2 aromatic carbocycles. The number of halogens is 1. The van der Waals surface area contributed by atoms with Gasteiger partial charge in [0.15, 0.2) is 5.17 Å². The molecule has 10 heteroatoms. The summed E-state index contributed by atoms with van der Waals surface area (Å²) in [4.78, 5) is 10.3. The van der Waals surface area contributed by atoms with E-state index in [0.29, 0.717) is 22.0 Å². The van der Waals surface area contributed by atoms with Gasteiger partial charge in [-0.1, -0.05) is 35.5 Å². The summed E-state index contributed by atoms with van der Waals surface area (Å²) in [6.45, 7) is 0. The molecule has 1 aliphatic heterocycles. The Morgan fingerprint density at radius 1 is 1.25 bits per heavy atom. The number of benzene rings is 2. The molecule has 1 N–H and O–H groups in total. The number of hydrogen-bond donors (Lipinski definition) is 1. The van der Waals surface area contributed by atoms with Crippen molar-refractivity contribution >= 4 is 49.9 Å². The van der Waals surface area contributed by atoms with Crippen LogP contribution in [0.2, 0.25) is 5.02 Å². The van der Waals surface area contributed by atoms with Gasteiger partial charge in [-0.05, 0) is 23.8 Å². The molecule has 7 nitrogen and oxygen atoms in total. The Hall–Kier alpha value is -2.10. The molecule has 124 valence electrons. The first-order valence-corrected chi connectivity index (χ1v) is 9.43. The SMILES string of the molecule is O=[N+]([O-])c1cccc(CSC2=NS(=O)(=O)c3cc(Cl)ccc3N2)c1. The number of sulfonamides is 1. The number of anilines is 1. The van der Waals surface area contributed by atoms with Crippen molar-refractivity contribution in [2.24, 2.45) is 4.40 Å². The number of nitro groups is 1. The van der Waals surface area contributed by atoms with Crippen LogP contribution >= 0.6 is 23.4 Å². The van der Waals surface area contributed by atoms with E-state index in [0.717, 1.165) is 11.8 Å². The van der Waals surface area contributed by atoms with Gasteiger partial charge in [0.05, 0.1) is 10.6 Å². The topological polar surface area (TPSA) is 102 Å². The highest BCUT2D eigenvalue weighted by molar-refractivity contribution is 8.14. The Labute approximate surface area is 146 Å². The van der Waals surface area contributed by atoms with Crippen LogP contribution in [0.4, 0.5) is 11.4 Å². The van der Waals surface area contributed by atoms with Gasteiger partial charge < -0.3 is 5.32 Å². The molecule has 0 radical (unpaired) electrons. The molecule has 24 heavy (non-hydrogen) atoms. The average molecular weight is 384 g/mol. The van der Waals surface area contributed by atoms with Crippen LogP contribution in [0.25, 0.3) is 0 Å². The fourth-order valence-corrected chi connectivity index (χ4v) is 4.53. The van der Waals surface area contributed by atoms with E-state index in [9.17, 15) is 18.5 Å². The van der Waals surface area contributed by atoms with Crippen molar-refractivity contribution in [3.05, 3.63) is 63.2 Å². The van der Waals surface area contributed by atoms with Gasteiger partial charge in [-0.3, -0.25) is 10.1 Å². The first kappa shape index (κ1) is 16.7. The number of nitrogens with zero attached hydrogens (tertiary/aromatic N) is 2. The molecule has 0 bridgehead atoms. The van der Waals surface area contributed by atoms with Gasteiger partial charge in [0.2, 0.25) is 0 Å². The van der Waals surface area contributed by atoms with E-state index in [-0.39, 0.29) is 15.8 Å². The minimum atomic E-state index is -3.83. The zero-order valence-corrected chi connectivity index (χ0v) is 14.4. The van der Waals surface area contributed by atoms with Gasteiger partial charge >= 0.3 is 0 Å². The summed E-state index contributed by atoms with van der Waals surface area (Å²) in [5.74, 6) is 0.339. The lowest BCUT2D eigenvalue weighted by Crippen LogP contribution is -2.19. The maximum atomic E-state index is 12.2. The molecule has 2 aromatic rings. The quantitative estimate of drug-likeness (QED) is 0.641. The zero-order chi connectivity index (χ0) is 17.3. The Bertz CT molecular complexity index is 960. The third-order valence-corrected chi connectivity index (χ3v) is 5.77. The summed E-state index contributed by atoms with van der Waals surface area (Å²) in [6, 6.07) is 10.6. The smallest absolute Gasteiger partial charge is 0.286 e. The maximum Gasteiger partial charge on any atom is 0.286 e. The van der Waals surface area contributed by atoms with Crippen molar-refractivity contribution in [2.75, 3.05) is 5.32 Å². The second kappa shape index (κ2) is 6.42. The van der Waals surface area contributed by atoms with Crippen LogP contribution in [0.15, 0.2) is 51.8 Å². The lowest BCUT2D eigenvalue weighted by atomic mass is 10.2. The van der Waals surface area contributed by atoms with Crippen LogP contribution in [0, 0.1) is 10.1 Å². The minimum Gasteiger partial charge on any atom is -0.333 e. The highest BCUT2D eigenvalue weighted by atomic mass is 35.5. The largest absolute Gasteiger partial charge is 0.333 e. The highest BCUT2D eigenvalue weighted by Crippen LogP contribution is 2.32. The highest BCUT2D eigenvalue weighted by Gasteiger charge is 2.25. The van der Waals surface area contributed by atoms with E-state index < -0.39 is 14.9 Å². The van der Waals surface area contributed by atoms with Gasteiger partial charge in [-0.15, -0.1) is 4.40 Å². The second-order valence-electron chi connectivity index (χ2n) is 4.85. The van der Waals surface area contributed by atoms with Gasteiger partial charge in [-0.25, -0.2) is 0 Å². The number of non-ortho nitro benzene ring substituents is 1. The lowest BCUT2D eigenvalue weighted by Gasteiger charge is -2.17. The predicted octanol–water partition coefficient (Wildman–Crippen LogP) is 3.65.